The summed E-state index contributed by atoms with van der Waals surface area (Å²) < 4.78 is 4.48. The Morgan fingerprint density at radius 3 is 2.29 bits per heavy atom. The molecule has 0 radical (unpaired) electrons. The molecule has 3 aromatic rings. The van der Waals surface area contributed by atoms with Crippen molar-refractivity contribution < 1.29 is 19.1 Å². The van der Waals surface area contributed by atoms with Gasteiger partial charge in [0.25, 0.3) is 5.91 Å². The highest BCUT2D eigenvalue weighted by Crippen LogP contribution is 2.20. The largest absolute Gasteiger partial charge is 0.468 e. The van der Waals surface area contributed by atoms with Crippen molar-refractivity contribution >= 4 is 29.5 Å². The molecular formula is C25H22N2O4. The number of hydrogen-bond donors (Lipinski definition) is 2. The van der Waals surface area contributed by atoms with Gasteiger partial charge in [0, 0.05) is 17.3 Å². The first-order valence-electron chi connectivity index (χ1n) is 9.65. The molecule has 6 heteroatoms. The van der Waals surface area contributed by atoms with Crippen molar-refractivity contribution in [3.8, 4) is 11.1 Å². The van der Waals surface area contributed by atoms with E-state index in [1.165, 1.54) is 13.2 Å². The lowest BCUT2D eigenvalue weighted by molar-refractivity contribution is -0.139. The van der Waals surface area contributed by atoms with E-state index in [-0.39, 0.29) is 12.5 Å². The number of carbonyl (C=O) groups is 3. The van der Waals surface area contributed by atoms with Crippen LogP contribution in [-0.4, -0.2) is 31.4 Å². The van der Waals surface area contributed by atoms with Crippen LogP contribution in [0, 0.1) is 0 Å². The first-order chi connectivity index (χ1) is 15.0. The number of nitrogens with one attached hydrogen (secondary N) is 2. The summed E-state index contributed by atoms with van der Waals surface area (Å²) >= 11 is 0. The van der Waals surface area contributed by atoms with Gasteiger partial charge in [0.05, 0.1) is 7.11 Å². The lowest BCUT2D eigenvalue weighted by atomic mass is 10.0. The van der Waals surface area contributed by atoms with Gasteiger partial charge in [0.15, 0.2) is 0 Å². The number of hydrogen-bond acceptors (Lipinski definition) is 4. The average Bonchev–Trinajstić information content (AvgIpc) is 2.82. The van der Waals surface area contributed by atoms with Crippen LogP contribution in [0.2, 0.25) is 0 Å². The molecule has 0 heterocycles. The average molecular weight is 414 g/mol. The van der Waals surface area contributed by atoms with E-state index in [1.54, 1.807) is 30.3 Å². The summed E-state index contributed by atoms with van der Waals surface area (Å²) in [6.45, 7) is -0.204. The third kappa shape index (κ3) is 6.40. The third-order valence-corrected chi connectivity index (χ3v) is 4.46. The molecule has 0 aliphatic rings. The minimum absolute atomic E-state index is 0.204. The van der Waals surface area contributed by atoms with E-state index < -0.39 is 11.9 Å². The number of ether oxygens (including phenoxy) is 1. The topological polar surface area (TPSA) is 84.5 Å². The van der Waals surface area contributed by atoms with Crippen LogP contribution in [0.5, 0.6) is 0 Å². The summed E-state index contributed by atoms with van der Waals surface area (Å²) in [7, 11) is 1.25. The molecule has 0 aliphatic heterocycles. The second-order valence-corrected chi connectivity index (χ2v) is 6.65. The Bertz CT molecular complexity index is 1090. The first kappa shape index (κ1) is 21.5. The zero-order valence-corrected chi connectivity index (χ0v) is 17.0. The van der Waals surface area contributed by atoms with Gasteiger partial charge in [-0.15, -0.1) is 0 Å². The number of carbonyl (C=O) groups excluding carboxylic acids is 3. The summed E-state index contributed by atoms with van der Waals surface area (Å²) in [5, 5.41) is 5.21. The molecule has 3 aromatic carbocycles. The predicted octanol–water partition coefficient (Wildman–Crippen LogP) is 3.91. The van der Waals surface area contributed by atoms with E-state index in [2.05, 4.69) is 15.4 Å². The lowest BCUT2D eigenvalue weighted by Gasteiger charge is -2.06. The molecule has 31 heavy (non-hydrogen) atoms. The van der Waals surface area contributed by atoms with Crippen LogP contribution in [0.1, 0.15) is 15.9 Å². The summed E-state index contributed by atoms with van der Waals surface area (Å²) in [6, 6.07) is 24.3. The number of anilines is 1. The summed E-state index contributed by atoms with van der Waals surface area (Å²) in [5.41, 5.74) is 4.02. The molecule has 0 fully saturated rings. The van der Waals surface area contributed by atoms with Gasteiger partial charge in [0.1, 0.15) is 6.54 Å². The fourth-order valence-corrected chi connectivity index (χ4v) is 2.84. The van der Waals surface area contributed by atoms with Crippen molar-refractivity contribution in [2.75, 3.05) is 19.0 Å². The smallest absolute Gasteiger partial charge is 0.325 e. The number of esters is 1. The van der Waals surface area contributed by atoms with Crippen molar-refractivity contribution in [1.82, 2.24) is 5.32 Å². The Balaban J connectivity index is 1.58. The summed E-state index contributed by atoms with van der Waals surface area (Å²) in [5.74, 6) is -1.21. The zero-order valence-electron chi connectivity index (χ0n) is 17.0. The molecule has 2 amide bonds. The van der Waals surface area contributed by atoms with Gasteiger partial charge < -0.3 is 15.4 Å². The molecule has 3 rings (SSSR count). The Morgan fingerprint density at radius 2 is 1.58 bits per heavy atom. The van der Waals surface area contributed by atoms with Gasteiger partial charge in [-0.25, -0.2) is 0 Å². The zero-order chi connectivity index (χ0) is 22.1. The molecule has 0 saturated carbocycles. The standard InChI is InChI=1S/C25H22N2O4/c1-31-24(29)17-26-25(30)20-11-13-22(14-12-20)27-23(28)15-10-18-6-5-9-21(16-18)19-7-3-2-4-8-19/h2-16H,17H2,1H3,(H,26,30)(H,27,28)/b15-10+. The Hall–Kier alpha value is -4.19. The van der Waals surface area contributed by atoms with Crippen molar-refractivity contribution in [1.29, 1.82) is 0 Å². The van der Waals surface area contributed by atoms with Crippen LogP contribution in [0.4, 0.5) is 5.69 Å². The van der Waals surface area contributed by atoms with E-state index >= 15 is 0 Å². The van der Waals surface area contributed by atoms with Crippen LogP contribution in [-0.2, 0) is 14.3 Å². The maximum Gasteiger partial charge on any atom is 0.325 e. The molecule has 0 atom stereocenters. The van der Waals surface area contributed by atoms with Crippen molar-refractivity contribution in [2.45, 2.75) is 0 Å². The number of rotatable bonds is 7. The van der Waals surface area contributed by atoms with Gasteiger partial charge in [-0.1, -0.05) is 48.5 Å². The maximum atomic E-state index is 12.2. The molecule has 156 valence electrons. The Kier molecular flexibility index (Phi) is 7.32. The third-order valence-electron chi connectivity index (χ3n) is 4.46. The highest BCUT2D eigenvalue weighted by Gasteiger charge is 2.08. The molecule has 0 spiro atoms. The monoisotopic (exact) mass is 414 g/mol. The normalized spacial score (nSPS) is 10.5. The van der Waals surface area contributed by atoms with Gasteiger partial charge in [-0.05, 0) is 53.1 Å². The second-order valence-electron chi connectivity index (χ2n) is 6.65. The fourth-order valence-electron chi connectivity index (χ4n) is 2.84. The summed E-state index contributed by atoms with van der Waals surface area (Å²) in [6.07, 6.45) is 3.21. The van der Waals surface area contributed by atoms with Crippen LogP contribution in [0.3, 0.4) is 0 Å². The molecule has 0 aliphatic carbocycles. The second kappa shape index (κ2) is 10.5. The van der Waals surface area contributed by atoms with Crippen LogP contribution < -0.4 is 10.6 Å². The van der Waals surface area contributed by atoms with Crippen molar-refractivity contribution in [3.63, 3.8) is 0 Å². The van der Waals surface area contributed by atoms with Gasteiger partial charge in [-0.3, -0.25) is 14.4 Å². The molecule has 6 nitrogen and oxygen atoms in total. The summed E-state index contributed by atoms with van der Waals surface area (Å²) in [4.78, 5) is 35.3. The molecule has 0 unspecified atom stereocenters. The highest BCUT2D eigenvalue weighted by molar-refractivity contribution is 6.02. The van der Waals surface area contributed by atoms with Crippen LogP contribution in [0.25, 0.3) is 17.2 Å². The van der Waals surface area contributed by atoms with Gasteiger partial charge in [0.2, 0.25) is 5.91 Å². The van der Waals surface area contributed by atoms with Gasteiger partial charge >= 0.3 is 5.97 Å². The van der Waals surface area contributed by atoms with E-state index in [4.69, 9.17) is 0 Å². The molecule has 2 N–H and O–H groups in total. The molecule has 0 saturated heterocycles. The Morgan fingerprint density at radius 1 is 0.871 bits per heavy atom. The van der Waals surface area contributed by atoms with E-state index in [1.807, 2.05) is 54.6 Å². The van der Waals surface area contributed by atoms with E-state index in [9.17, 15) is 14.4 Å². The van der Waals surface area contributed by atoms with Crippen LogP contribution in [0.15, 0.2) is 84.9 Å². The van der Waals surface area contributed by atoms with E-state index in [0.29, 0.717) is 11.3 Å². The minimum Gasteiger partial charge on any atom is -0.468 e. The number of benzene rings is 3. The van der Waals surface area contributed by atoms with Crippen molar-refractivity contribution in [3.05, 3.63) is 96.1 Å². The lowest BCUT2D eigenvalue weighted by Crippen LogP contribution is -2.30. The number of amides is 2. The molecule has 0 aromatic heterocycles. The van der Waals surface area contributed by atoms with Crippen molar-refractivity contribution in [2.24, 2.45) is 0 Å². The SMILES string of the molecule is COC(=O)CNC(=O)c1ccc(NC(=O)/C=C/c2cccc(-c3ccccc3)c2)cc1. The number of methoxy groups -OCH3 is 1. The highest BCUT2D eigenvalue weighted by atomic mass is 16.5. The quantitative estimate of drug-likeness (QED) is 0.454. The van der Waals surface area contributed by atoms with Gasteiger partial charge in [-0.2, -0.15) is 0 Å². The first-order valence-corrected chi connectivity index (χ1v) is 9.65. The molecule has 0 bridgehead atoms. The van der Waals surface area contributed by atoms with E-state index in [0.717, 1.165) is 16.7 Å². The predicted molar refractivity (Wildman–Crippen MR) is 120 cm³/mol. The molecular weight excluding hydrogens is 392 g/mol. The maximum absolute atomic E-state index is 12.2. The fraction of sp³-hybridized carbons (Fsp3) is 0.0800. The Labute approximate surface area is 180 Å². The minimum atomic E-state index is -0.529. The van der Waals surface area contributed by atoms with Crippen LogP contribution >= 0.6 is 0 Å².